The van der Waals surface area contributed by atoms with Gasteiger partial charge in [-0.1, -0.05) is 0 Å². The number of halogens is 3. The Balaban J connectivity index is 2.43. The number of alkyl halides is 3. The van der Waals surface area contributed by atoms with Crippen LogP contribution in [0.5, 0.6) is 5.75 Å². The highest BCUT2D eigenvalue weighted by atomic mass is 19.4. The van der Waals surface area contributed by atoms with Crippen molar-refractivity contribution in [3.63, 3.8) is 0 Å². The predicted molar refractivity (Wildman–Crippen MR) is 99.5 cm³/mol. The number of nitrogens with zero attached hydrogens (tertiary/aromatic N) is 2. The second-order valence-corrected chi connectivity index (χ2v) is 5.76. The first-order chi connectivity index (χ1) is 13.1. The molecule has 1 aromatic heterocycles. The van der Waals surface area contributed by atoms with Crippen molar-refractivity contribution in [3.05, 3.63) is 47.2 Å². The van der Waals surface area contributed by atoms with Crippen molar-refractivity contribution in [1.82, 2.24) is 4.98 Å². The fourth-order valence-electron chi connectivity index (χ4n) is 2.49. The highest BCUT2D eigenvalue weighted by molar-refractivity contribution is 6.11. The van der Waals surface area contributed by atoms with Crippen LogP contribution in [0.15, 0.2) is 35.3 Å². The van der Waals surface area contributed by atoms with Gasteiger partial charge in [-0.05, 0) is 51.1 Å². The highest BCUT2D eigenvalue weighted by Gasteiger charge is 2.31. The third-order valence-corrected chi connectivity index (χ3v) is 3.69. The van der Waals surface area contributed by atoms with Crippen LogP contribution >= 0.6 is 0 Å². The Bertz CT molecular complexity index is 878. The lowest BCUT2D eigenvalue weighted by molar-refractivity contribution is -0.274. The van der Waals surface area contributed by atoms with Gasteiger partial charge in [0.1, 0.15) is 11.6 Å². The number of pyridine rings is 1. The molecule has 0 aliphatic heterocycles. The van der Waals surface area contributed by atoms with E-state index in [1.165, 1.54) is 24.3 Å². The van der Waals surface area contributed by atoms with Crippen LogP contribution in [0, 0.1) is 6.92 Å². The molecule has 28 heavy (non-hydrogen) atoms. The maximum Gasteiger partial charge on any atom is 0.573 e. The first kappa shape index (κ1) is 21.2. The number of aryl methyl sites for hydroxylation is 1. The zero-order valence-corrected chi connectivity index (χ0v) is 15.8. The maximum absolute atomic E-state index is 12.4. The monoisotopic (exact) mass is 395 g/mol. The topological polar surface area (TPSA) is 72.8 Å². The molecule has 0 atom stereocenters. The fraction of sp³-hybridized carbons (Fsp3) is 0.316. The smallest absolute Gasteiger partial charge is 0.462 e. The van der Waals surface area contributed by atoms with E-state index in [0.717, 1.165) is 0 Å². The van der Waals surface area contributed by atoms with Crippen LogP contribution < -0.4 is 10.1 Å². The summed E-state index contributed by atoms with van der Waals surface area (Å²) in [7, 11) is 1.58. The number of carbonyl (C=O) groups is 1. The molecule has 0 spiro atoms. The lowest BCUT2D eigenvalue weighted by Gasteiger charge is -2.16. The van der Waals surface area contributed by atoms with Crippen LogP contribution in [0.2, 0.25) is 0 Å². The van der Waals surface area contributed by atoms with Gasteiger partial charge in [-0.25, -0.2) is 9.78 Å². The minimum absolute atomic E-state index is 0.214. The van der Waals surface area contributed by atoms with Crippen molar-refractivity contribution < 1.29 is 27.4 Å². The van der Waals surface area contributed by atoms with E-state index in [1.54, 1.807) is 33.9 Å². The Kier molecular flexibility index (Phi) is 6.61. The fourth-order valence-corrected chi connectivity index (χ4v) is 2.49. The van der Waals surface area contributed by atoms with Gasteiger partial charge in [0.15, 0.2) is 0 Å². The number of ether oxygens (including phenoxy) is 2. The van der Waals surface area contributed by atoms with E-state index in [-0.39, 0.29) is 12.4 Å². The normalized spacial score (nSPS) is 11.9. The molecule has 1 N–H and O–H groups in total. The van der Waals surface area contributed by atoms with Crippen molar-refractivity contribution in [3.8, 4) is 5.75 Å². The largest absolute Gasteiger partial charge is 0.573 e. The maximum atomic E-state index is 12.4. The number of aromatic nitrogens is 1. The number of carbonyl (C=O) groups excluding carboxylic acids is 1. The Labute approximate surface area is 160 Å². The summed E-state index contributed by atoms with van der Waals surface area (Å²) in [5.41, 5.74) is 2.34. The molecule has 0 amide bonds. The van der Waals surface area contributed by atoms with Crippen LogP contribution in [0.25, 0.3) is 0 Å². The van der Waals surface area contributed by atoms with E-state index < -0.39 is 12.3 Å². The van der Waals surface area contributed by atoms with E-state index in [4.69, 9.17) is 4.74 Å². The summed E-state index contributed by atoms with van der Waals surface area (Å²) >= 11 is 0. The first-order valence-corrected chi connectivity index (χ1v) is 8.40. The van der Waals surface area contributed by atoms with Gasteiger partial charge in [-0.3, -0.25) is 4.99 Å². The molecule has 1 heterocycles. The molecule has 9 heteroatoms. The van der Waals surface area contributed by atoms with Crippen molar-refractivity contribution in [2.75, 3.05) is 19.0 Å². The van der Waals surface area contributed by atoms with E-state index in [0.29, 0.717) is 34.0 Å². The van der Waals surface area contributed by atoms with Crippen LogP contribution in [0.1, 0.15) is 35.5 Å². The zero-order chi connectivity index (χ0) is 20.9. The van der Waals surface area contributed by atoms with Crippen molar-refractivity contribution in [1.29, 1.82) is 0 Å². The number of hydrogen-bond acceptors (Lipinski definition) is 6. The lowest BCUT2D eigenvalue weighted by Crippen LogP contribution is -2.17. The lowest BCUT2D eigenvalue weighted by atomic mass is 10.0. The molecule has 0 radical (unpaired) electrons. The average molecular weight is 395 g/mol. The van der Waals surface area contributed by atoms with Gasteiger partial charge in [0, 0.05) is 24.1 Å². The molecule has 1 aromatic carbocycles. The molecular formula is C19H20F3N3O3. The van der Waals surface area contributed by atoms with Gasteiger partial charge in [0.05, 0.1) is 17.7 Å². The summed E-state index contributed by atoms with van der Waals surface area (Å²) in [4.78, 5) is 20.9. The number of rotatable bonds is 6. The van der Waals surface area contributed by atoms with E-state index in [2.05, 4.69) is 20.0 Å². The summed E-state index contributed by atoms with van der Waals surface area (Å²) in [5, 5.41) is 3.02. The van der Waals surface area contributed by atoms with Gasteiger partial charge < -0.3 is 14.8 Å². The van der Waals surface area contributed by atoms with Crippen LogP contribution in [-0.4, -0.2) is 36.7 Å². The Morgan fingerprint density at radius 3 is 2.43 bits per heavy atom. The summed E-state index contributed by atoms with van der Waals surface area (Å²) in [5.74, 6) is -0.507. The second kappa shape index (κ2) is 8.73. The van der Waals surface area contributed by atoms with Crippen molar-refractivity contribution in [2.45, 2.75) is 27.1 Å². The predicted octanol–water partition coefficient (Wildman–Crippen LogP) is 4.65. The molecule has 0 fully saturated rings. The van der Waals surface area contributed by atoms with Gasteiger partial charge in [0.2, 0.25) is 0 Å². The summed E-state index contributed by atoms with van der Waals surface area (Å²) in [6, 6.07) is 6.79. The molecule has 0 saturated heterocycles. The molecule has 0 bridgehead atoms. The van der Waals surface area contributed by atoms with Gasteiger partial charge in [-0.15, -0.1) is 13.2 Å². The average Bonchev–Trinajstić information content (AvgIpc) is 2.61. The molecule has 0 unspecified atom stereocenters. The van der Waals surface area contributed by atoms with Crippen LogP contribution in [0.4, 0.5) is 24.7 Å². The Morgan fingerprint density at radius 1 is 1.25 bits per heavy atom. The first-order valence-electron chi connectivity index (χ1n) is 8.40. The highest BCUT2D eigenvalue weighted by Crippen LogP contribution is 2.28. The third kappa shape index (κ3) is 5.45. The molecule has 2 aromatic rings. The molecule has 150 valence electrons. The van der Waals surface area contributed by atoms with E-state index in [9.17, 15) is 18.0 Å². The molecule has 0 aliphatic rings. The molecule has 2 rings (SSSR count). The molecule has 6 nitrogen and oxygen atoms in total. The molecule has 0 saturated carbocycles. The third-order valence-electron chi connectivity index (χ3n) is 3.69. The van der Waals surface area contributed by atoms with Crippen molar-refractivity contribution >= 4 is 23.2 Å². The number of anilines is 2. The summed E-state index contributed by atoms with van der Waals surface area (Å²) < 4.78 is 45.8. The number of aliphatic imine (C=N–C) groups is 1. The molecular weight excluding hydrogens is 375 g/mol. The zero-order valence-electron chi connectivity index (χ0n) is 15.8. The SMILES string of the molecule is CCOC(=O)c1cc(C)nc(Nc2ccc(OC(F)(F)F)cc2)c1C(C)=NC. The Morgan fingerprint density at radius 2 is 1.89 bits per heavy atom. The van der Waals surface area contributed by atoms with Crippen LogP contribution in [-0.2, 0) is 4.74 Å². The second-order valence-electron chi connectivity index (χ2n) is 5.76. The standard InChI is InChI=1S/C19H20F3N3O3/c1-5-27-18(26)15-10-11(2)24-17(16(15)12(3)23-4)25-13-6-8-14(9-7-13)28-19(20,21)22/h6-10H,5H2,1-4H3,(H,24,25). The Hall–Kier alpha value is -3.10. The van der Waals surface area contributed by atoms with Gasteiger partial charge in [-0.2, -0.15) is 0 Å². The summed E-state index contributed by atoms with van der Waals surface area (Å²) in [6.07, 6.45) is -4.76. The van der Waals surface area contributed by atoms with Gasteiger partial charge in [0.25, 0.3) is 0 Å². The number of hydrogen-bond donors (Lipinski definition) is 1. The number of esters is 1. The van der Waals surface area contributed by atoms with Crippen molar-refractivity contribution in [2.24, 2.45) is 4.99 Å². The van der Waals surface area contributed by atoms with Gasteiger partial charge >= 0.3 is 12.3 Å². The van der Waals surface area contributed by atoms with E-state index in [1.807, 2.05) is 0 Å². The molecule has 0 aliphatic carbocycles. The van der Waals surface area contributed by atoms with Crippen LogP contribution in [0.3, 0.4) is 0 Å². The quantitative estimate of drug-likeness (QED) is 0.569. The minimum atomic E-state index is -4.76. The van der Waals surface area contributed by atoms with E-state index >= 15 is 0 Å². The minimum Gasteiger partial charge on any atom is -0.462 e. The summed E-state index contributed by atoms with van der Waals surface area (Å²) in [6.45, 7) is 5.36. The number of benzene rings is 1. The number of nitrogens with one attached hydrogen (secondary N) is 1.